The van der Waals surface area contributed by atoms with Gasteiger partial charge in [-0.25, -0.2) is 0 Å². The number of nitrogens with zero attached hydrogens (tertiary/aromatic N) is 1. The lowest BCUT2D eigenvalue weighted by molar-refractivity contribution is 0.673. The molecular weight excluding hydrogens is 256 g/mol. The predicted molar refractivity (Wildman–Crippen MR) is 90.9 cm³/mol. The van der Waals surface area contributed by atoms with Crippen molar-refractivity contribution in [3.05, 3.63) is 59.7 Å². The van der Waals surface area contributed by atoms with Crippen LogP contribution in [0.5, 0.6) is 0 Å². The molecular formula is C19H24N2. The van der Waals surface area contributed by atoms with E-state index in [1.807, 2.05) is 12.1 Å². The van der Waals surface area contributed by atoms with E-state index in [1.54, 1.807) is 0 Å². The second-order valence-corrected chi connectivity index (χ2v) is 6.28. The average molecular weight is 280 g/mol. The molecule has 21 heavy (non-hydrogen) atoms. The van der Waals surface area contributed by atoms with Gasteiger partial charge in [-0.1, -0.05) is 31.2 Å². The maximum atomic E-state index is 5.80. The van der Waals surface area contributed by atoms with Gasteiger partial charge in [0.25, 0.3) is 0 Å². The van der Waals surface area contributed by atoms with Crippen LogP contribution in [0.4, 0.5) is 11.4 Å². The van der Waals surface area contributed by atoms with Crippen molar-refractivity contribution in [2.45, 2.75) is 31.6 Å². The molecule has 0 heterocycles. The summed E-state index contributed by atoms with van der Waals surface area (Å²) >= 11 is 0. The third kappa shape index (κ3) is 2.90. The topological polar surface area (TPSA) is 29.3 Å². The lowest BCUT2D eigenvalue weighted by atomic mass is 9.95. The van der Waals surface area contributed by atoms with Gasteiger partial charge in [0.2, 0.25) is 0 Å². The van der Waals surface area contributed by atoms with E-state index in [0.29, 0.717) is 5.41 Å². The van der Waals surface area contributed by atoms with Crippen molar-refractivity contribution in [2.75, 3.05) is 24.2 Å². The molecule has 0 saturated heterocycles. The smallest absolute Gasteiger partial charge is 0.0364 e. The fourth-order valence-electron chi connectivity index (χ4n) is 3.06. The summed E-state index contributed by atoms with van der Waals surface area (Å²) in [7, 11) is 2.19. The Hall–Kier alpha value is -1.96. The van der Waals surface area contributed by atoms with Crippen LogP contribution in [0.3, 0.4) is 0 Å². The molecule has 2 nitrogen and oxygen atoms in total. The van der Waals surface area contributed by atoms with Gasteiger partial charge in [-0.15, -0.1) is 0 Å². The molecule has 1 fully saturated rings. The summed E-state index contributed by atoms with van der Waals surface area (Å²) in [4.78, 5) is 2.38. The van der Waals surface area contributed by atoms with Crippen molar-refractivity contribution in [1.29, 1.82) is 0 Å². The monoisotopic (exact) mass is 280 g/mol. The van der Waals surface area contributed by atoms with Crippen LogP contribution in [-0.4, -0.2) is 13.6 Å². The van der Waals surface area contributed by atoms with Crippen molar-refractivity contribution in [1.82, 2.24) is 0 Å². The summed E-state index contributed by atoms with van der Waals surface area (Å²) in [5, 5.41) is 0. The Balaban J connectivity index is 1.74. The van der Waals surface area contributed by atoms with Gasteiger partial charge in [-0.3, -0.25) is 0 Å². The first kappa shape index (κ1) is 14.0. The Morgan fingerprint density at radius 2 is 1.62 bits per heavy atom. The number of aryl methyl sites for hydroxylation is 1. The molecule has 0 radical (unpaired) electrons. The lowest BCUT2D eigenvalue weighted by Gasteiger charge is -2.26. The molecule has 1 aliphatic carbocycles. The van der Waals surface area contributed by atoms with Crippen LogP contribution in [0.15, 0.2) is 48.5 Å². The minimum Gasteiger partial charge on any atom is -0.399 e. The van der Waals surface area contributed by atoms with Crippen LogP contribution in [0.25, 0.3) is 0 Å². The number of anilines is 2. The summed E-state index contributed by atoms with van der Waals surface area (Å²) < 4.78 is 0. The predicted octanol–water partition coefficient (Wildman–Crippen LogP) is 4.00. The third-order valence-corrected chi connectivity index (χ3v) is 4.70. The molecule has 0 aromatic heterocycles. The van der Waals surface area contributed by atoms with Gasteiger partial charge in [0.05, 0.1) is 0 Å². The molecule has 0 aliphatic heterocycles. The standard InChI is InChI=1S/C19H24N2/c1-3-15-4-10-18(11-5-15)21(2)14-19(12-13-19)16-6-8-17(20)9-7-16/h4-11H,3,12-14,20H2,1-2H3. The van der Waals surface area contributed by atoms with Crippen molar-refractivity contribution < 1.29 is 0 Å². The van der Waals surface area contributed by atoms with E-state index in [4.69, 9.17) is 5.73 Å². The Labute approximate surface area is 127 Å². The molecule has 2 aromatic rings. The maximum absolute atomic E-state index is 5.80. The largest absolute Gasteiger partial charge is 0.399 e. The zero-order valence-corrected chi connectivity index (χ0v) is 13.0. The highest BCUT2D eigenvalue weighted by atomic mass is 15.1. The number of nitrogen functional groups attached to an aromatic ring is 1. The maximum Gasteiger partial charge on any atom is 0.0364 e. The summed E-state index contributed by atoms with van der Waals surface area (Å²) in [6, 6.07) is 17.3. The van der Waals surface area contributed by atoms with Crippen molar-refractivity contribution >= 4 is 11.4 Å². The van der Waals surface area contributed by atoms with Gasteiger partial charge in [0, 0.05) is 30.4 Å². The molecule has 1 saturated carbocycles. The molecule has 0 unspecified atom stereocenters. The Morgan fingerprint density at radius 3 is 2.14 bits per heavy atom. The zero-order valence-electron chi connectivity index (χ0n) is 13.0. The van der Waals surface area contributed by atoms with Crippen LogP contribution >= 0.6 is 0 Å². The number of hydrogen-bond acceptors (Lipinski definition) is 2. The molecule has 0 bridgehead atoms. The minimum absolute atomic E-state index is 0.325. The number of nitrogens with two attached hydrogens (primary N) is 1. The molecule has 2 heteroatoms. The highest BCUT2D eigenvalue weighted by Gasteiger charge is 2.44. The fourth-order valence-corrected chi connectivity index (χ4v) is 3.06. The van der Waals surface area contributed by atoms with E-state index in [2.05, 4.69) is 55.3 Å². The molecule has 2 aromatic carbocycles. The van der Waals surface area contributed by atoms with Gasteiger partial charge in [-0.2, -0.15) is 0 Å². The van der Waals surface area contributed by atoms with E-state index >= 15 is 0 Å². The van der Waals surface area contributed by atoms with Crippen LogP contribution in [0, 0.1) is 0 Å². The van der Waals surface area contributed by atoms with E-state index in [0.717, 1.165) is 18.7 Å². The molecule has 1 aliphatic rings. The van der Waals surface area contributed by atoms with Gasteiger partial charge >= 0.3 is 0 Å². The van der Waals surface area contributed by atoms with Crippen LogP contribution in [-0.2, 0) is 11.8 Å². The summed E-state index contributed by atoms with van der Waals surface area (Å²) in [6.07, 6.45) is 3.64. The van der Waals surface area contributed by atoms with Crippen LogP contribution in [0.2, 0.25) is 0 Å². The minimum atomic E-state index is 0.325. The van der Waals surface area contributed by atoms with Crippen molar-refractivity contribution in [3.63, 3.8) is 0 Å². The SMILES string of the molecule is CCc1ccc(N(C)CC2(c3ccc(N)cc3)CC2)cc1. The molecule has 110 valence electrons. The van der Waals surface area contributed by atoms with Crippen LogP contribution < -0.4 is 10.6 Å². The quantitative estimate of drug-likeness (QED) is 0.839. The summed E-state index contributed by atoms with van der Waals surface area (Å²) in [5.74, 6) is 0. The number of hydrogen-bond donors (Lipinski definition) is 1. The second-order valence-electron chi connectivity index (χ2n) is 6.28. The molecule has 0 atom stereocenters. The average Bonchev–Trinajstić information content (AvgIpc) is 3.28. The lowest BCUT2D eigenvalue weighted by Crippen LogP contribution is -2.29. The van der Waals surface area contributed by atoms with Gasteiger partial charge in [0.1, 0.15) is 0 Å². The number of benzene rings is 2. The molecule has 0 spiro atoms. The van der Waals surface area contributed by atoms with Crippen molar-refractivity contribution in [3.8, 4) is 0 Å². The van der Waals surface area contributed by atoms with Gasteiger partial charge in [-0.05, 0) is 54.7 Å². The first-order chi connectivity index (χ1) is 10.1. The fraction of sp³-hybridized carbons (Fsp3) is 0.368. The molecule has 2 N–H and O–H groups in total. The van der Waals surface area contributed by atoms with Gasteiger partial charge < -0.3 is 10.6 Å². The zero-order chi connectivity index (χ0) is 14.9. The normalized spacial score (nSPS) is 15.7. The number of likely N-dealkylation sites (N-methyl/N-ethyl adjacent to an activating group) is 1. The molecule has 0 amide bonds. The Kier molecular flexibility index (Phi) is 3.62. The second kappa shape index (κ2) is 5.44. The van der Waals surface area contributed by atoms with Crippen molar-refractivity contribution in [2.24, 2.45) is 0 Å². The van der Waals surface area contributed by atoms with E-state index in [-0.39, 0.29) is 0 Å². The third-order valence-electron chi connectivity index (χ3n) is 4.70. The number of rotatable bonds is 5. The van der Waals surface area contributed by atoms with Crippen LogP contribution in [0.1, 0.15) is 30.9 Å². The highest BCUT2D eigenvalue weighted by Crippen LogP contribution is 2.49. The van der Waals surface area contributed by atoms with Gasteiger partial charge in [0.15, 0.2) is 0 Å². The molecule has 3 rings (SSSR count). The highest BCUT2D eigenvalue weighted by molar-refractivity contribution is 5.50. The Morgan fingerprint density at radius 1 is 1.00 bits per heavy atom. The van der Waals surface area contributed by atoms with E-state index in [1.165, 1.54) is 29.7 Å². The van der Waals surface area contributed by atoms with E-state index < -0.39 is 0 Å². The first-order valence-corrected chi connectivity index (χ1v) is 7.79. The van der Waals surface area contributed by atoms with E-state index in [9.17, 15) is 0 Å². The summed E-state index contributed by atoms with van der Waals surface area (Å²) in [5.41, 5.74) is 11.1. The summed E-state index contributed by atoms with van der Waals surface area (Å²) in [6.45, 7) is 3.27. The first-order valence-electron chi connectivity index (χ1n) is 7.79. The Bertz CT molecular complexity index is 594.